The summed E-state index contributed by atoms with van der Waals surface area (Å²) in [5, 5.41) is 0. The first-order valence-corrected chi connectivity index (χ1v) is 8.11. The molecular weight excluding hydrogens is 294 g/mol. The van der Waals surface area contributed by atoms with Crippen molar-refractivity contribution in [3.63, 3.8) is 0 Å². The van der Waals surface area contributed by atoms with E-state index in [4.69, 9.17) is 0 Å². The van der Waals surface area contributed by atoms with Crippen LogP contribution in [0.5, 0.6) is 0 Å². The number of para-hydroxylation sites is 1. The first-order chi connectivity index (χ1) is 11.1. The molecule has 1 aliphatic rings. The van der Waals surface area contributed by atoms with Crippen molar-refractivity contribution in [3.05, 3.63) is 65.7 Å². The van der Waals surface area contributed by atoms with E-state index in [-0.39, 0.29) is 11.6 Å². The van der Waals surface area contributed by atoms with Crippen molar-refractivity contribution in [1.29, 1.82) is 0 Å². The Bertz CT molecular complexity index is 634. The molecular formula is C19H22F2N2. The molecule has 0 amide bonds. The lowest BCUT2D eigenvalue weighted by Crippen LogP contribution is -2.50. The third-order valence-electron chi connectivity index (χ3n) is 4.58. The third-order valence-corrected chi connectivity index (χ3v) is 4.58. The van der Waals surface area contributed by atoms with Crippen LogP contribution in [-0.2, 0) is 6.42 Å². The molecule has 0 bridgehead atoms. The molecule has 23 heavy (non-hydrogen) atoms. The zero-order valence-electron chi connectivity index (χ0n) is 13.4. The first-order valence-electron chi connectivity index (χ1n) is 8.11. The van der Waals surface area contributed by atoms with Crippen molar-refractivity contribution in [3.8, 4) is 0 Å². The van der Waals surface area contributed by atoms with Crippen LogP contribution in [0, 0.1) is 11.6 Å². The van der Waals surface area contributed by atoms with Crippen molar-refractivity contribution in [1.82, 2.24) is 4.90 Å². The summed E-state index contributed by atoms with van der Waals surface area (Å²) in [5.41, 5.74) is 1.84. The number of anilines is 1. The van der Waals surface area contributed by atoms with Gasteiger partial charge in [-0.2, -0.15) is 0 Å². The first kappa shape index (κ1) is 15.9. The fourth-order valence-electron chi connectivity index (χ4n) is 3.20. The van der Waals surface area contributed by atoms with E-state index in [2.05, 4.69) is 16.7 Å². The molecule has 1 atom stereocenters. The normalized spacial score (nSPS) is 17.3. The molecule has 122 valence electrons. The van der Waals surface area contributed by atoms with Crippen LogP contribution in [0.2, 0.25) is 0 Å². The fourth-order valence-corrected chi connectivity index (χ4v) is 3.20. The maximum atomic E-state index is 13.9. The summed E-state index contributed by atoms with van der Waals surface area (Å²) in [6.45, 7) is 5.68. The highest BCUT2D eigenvalue weighted by molar-refractivity contribution is 5.48. The Morgan fingerprint density at radius 3 is 2.22 bits per heavy atom. The Morgan fingerprint density at radius 1 is 0.913 bits per heavy atom. The van der Waals surface area contributed by atoms with E-state index in [0.29, 0.717) is 11.7 Å². The van der Waals surface area contributed by atoms with Gasteiger partial charge < -0.3 is 4.90 Å². The molecule has 0 aromatic heterocycles. The van der Waals surface area contributed by atoms with Gasteiger partial charge in [-0.25, -0.2) is 8.78 Å². The van der Waals surface area contributed by atoms with Crippen LogP contribution in [0.1, 0.15) is 12.5 Å². The van der Waals surface area contributed by atoms with E-state index in [1.807, 2.05) is 24.3 Å². The lowest BCUT2D eigenvalue weighted by molar-refractivity contribution is 0.195. The molecule has 3 rings (SSSR count). The standard InChI is InChI=1S/C19H22F2N2/c1-15(14-16-6-8-17(20)9-7-16)22-10-12-23(13-11-22)19-5-3-2-4-18(19)21/h2-9,15H,10-14H2,1H3/t15-/m0/s1. The van der Waals surface area contributed by atoms with Crippen molar-refractivity contribution >= 4 is 5.69 Å². The Balaban J connectivity index is 1.56. The number of hydrogen-bond donors (Lipinski definition) is 0. The Morgan fingerprint density at radius 2 is 1.57 bits per heavy atom. The topological polar surface area (TPSA) is 6.48 Å². The molecule has 0 N–H and O–H groups in total. The number of halogens is 2. The smallest absolute Gasteiger partial charge is 0.146 e. The molecule has 1 fully saturated rings. The van der Waals surface area contributed by atoms with Gasteiger partial charge in [0.05, 0.1) is 5.69 Å². The summed E-state index contributed by atoms with van der Waals surface area (Å²) in [7, 11) is 0. The molecule has 4 heteroatoms. The van der Waals surface area contributed by atoms with Gasteiger partial charge in [0, 0.05) is 32.2 Å². The zero-order valence-corrected chi connectivity index (χ0v) is 13.4. The second kappa shape index (κ2) is 7.09. The minimum absolute atomic E-state index is 0.152. The summed E-state index contributed by atoms with van der Waals surface area (Å²) >= 11 is 0. The van der Waals surface area contributed by atoms with Gasteiger partial charge in [0.15, 0.2) is 0 Å². The maximum absolute atomic E-state index is 13.9. The SMILES string of the molecule is C[C@@H](Cc1ccc(F)cc1)N1CCN(c2ccccc2F)CC1. The summed E-state index contributed by atoms with van der Waals surface area (Å²) in [5.74, 6) is -0.347. The summed E-state index contributed by atoms with van der Waals surface area (Å²) in [6, 6.07) is 14.1. The number of nitrogens with zero attached hydrogens (tertiary/aromatic N) is 2. The largest absolute Gasteiger partial charge is 0.367 e. The summed E-state index contributed by atoms with van der Waals surface area (Å²) in [4.78, 5) is 4.52. The average Bonchev–Trinajstić information content (AvgIpc) is 2.57. The van der Waals surface area contributed by atoms with Crippen LogP contribution in [0.15, 0.2) is 48.5 Å². The van der Waals surface area contributed by atoms with E-state index in [0.717, 1.165) is 38.2 Å². The van der Waals surface area contributed by atoms with Crippen molar-refractivity contribution in [2.75, 3.05) is 31.1 Å². The van der Waals surface area contributed by atoms with Crippen LogP contribution in [0.3, 0.4) is 0 Å². The number of piperazine rings is 1. The summed E-state index contributed by atoms with van der Waals surface area (Å²) in [6.07, 6.45) is 0.903. The second-order valence-corrected chi connectivity index (χ2v) is 6.15. The van der Waals surface area contributed by atoms with Crippen LogP contribution in [0.25, 0.3) is 0 Å². The molecule has 0 saturated carbocycles. The van der Waals surface area contributed by atoms with Gasteiger partial charge in [-0.3, -0.25) is 4.90 Å². The molecule has 1 heterocycles. The van der Waals surface area contributed by atoms with Gasteiger partial charge in [0.2, 0.25) is 0 Å². The quantitative estimate of drug-likeness (QED) is 0.848. The molecule has 1 aliphatic heterocycles. The fraction of sp³-hybridized carbons (Fsp3) is 0.368. The number of benzene rings is 2. The summed E-state index contributed by atoms with van der Waals surface area (Å²) < 4.78 is 26.8. The predicted molar refractivity (Wildman–Crippen MR) is 89.8 cm³/mol. The molecule has 0 aliphatic carbocycles. The number of rotatable bonds is 4. The van der Waals surface area contributed by atoms with E-state index in [1.165, 1.54) is 18.2 Å². The van der Waals surface area contributed by atoms with Crippen molar-refractivity contribution in [2.24, 2.45) is 0 Å². The van der Waals surface area contributed by atoms with Crippen LogP contribution in [-0.4, -0.2) is 37.1 Å². The molecule has 1 saturated heterocycles. The molecule has 2 aromatic carbocycles. The second-order valence-electron chi connectivity index (χ2n) is 6.15. The molecule has 2 aromatic rings. The minimum atomic E-state index is -0.195. The highest BCUT2D eigenvalue weighted by Crippen LogP contribution is 2.21. The van der Waals surface area contributed by atoms with Crippen molar-refractivity contribution < 1.29 is 8.78 Å². The van der Waals surface area contributed by atoms with Gasteiger partial charge >= 0.3 is 0 Å². The average molecular weight is 316 g/mol. The monoisotopic (exact) mass is 316 g/mol. The molecule has 0 radical (unpaired) electrons. The van der Waals surface area contributed by atoms with E-state index in [9.17, 15) is 8.78 Å². The van der Waals surface area contributed by atoms with Crippen LogP contribution < -0.4 is 4.90 Å². The lowest BCUT2D eigenvalue weighted by atomic mass is 10.1. The van der Waals surface area contributed by atoms with Gasteiger partial charge in [-0.1, -0.05) is 24.3 Å². The lowest BCUT2D eigenvalue weighted by Gasteiger charge is -2.39. The third kappa shape index (κ3) is 3.88. The van der Waals surface area contributed by atoms with Gasteiger partial charge in [-0.05, 0) is 43.2 Å². The molecule has 2 nitrogen and oxygen atoms in total. The Hall–Kier alpha value is -1.94. The highest BCUT2D eigenvalue weighted by atomic mass is 19.1. The van der Waals surface area contributed by atoms with Gasteiger partial charge in [0.25, 0.3) is 0 Å². The van der Waals surface area contributed by atoms with E-state index >= 15 is 0 Å². The Labute approximate surface area is 136 Å². The Kier molecular flexibility index (Phi) is 4.91. The van der Waals surface area contributed by atoms with Crippen molar-refractivity contribution in [2.45, 2.75) is 19.4 Å². The number of hydrogen-bond acceptors (Lipinski definition) is 2. The van der Waals surface area contributed by atoms with Gasteiger partial charge in [-0.15, -0.1) is 0 Å². The maximum Gasteiger partial charge on any atom is 0.146 e. The zero-order chi connectivity index (χ0) is 16.2. The van der Waals surface area contributed by atoms with E-state index < -0.39 is 0 Å². The van der Waals surface area contributed by atoms with E-state index in [1.54, 1.807) is 6.07 Å². The van der Waals surface area contributed by atoms with Crippen LogP contribution in [0.4, 0.5) is 14.5 Å². The highest BCUT2D eigenvalue weighted by Gasteiger charge is 2.22. The molecule has 0 unspecified atom stereocenters. The van der Waals surface area contributed by atoms with Gasteiger partial charge in [0.1, 0.15) is 11.6 Å². The molecule has 0 spiro atoms. The predicted octanol–water partition coefficient (Wildman–Crippen LogP) is 3.72. The minimum Gasteiger partial charge on any atom is -0.367 e. The van der Waals surface area contributed by atoms with Crippen LogP contribution >= 0.6 is 0 Å².